The van der Waals surface area contributed by atoms with Gasteiger partial charge in [-0.1, -0.05) is 6.07 Å². The molecule has 0 fully saturated rings. The molecule has 2 rings (SSSR count). The van der Waals surface area contributed by atoms with Crippen LogP contribution in [0, 0.1) is 0 Å². The van der Waals surface area contributed by atoms with Crippen molar-refractivity contribution in [3.8, 4) is 5.75 Å². The standard InChI is InChI=1S/C12H12N2O3S/c15-11-2-1-3-12(8-11)18(16,17)14-9-10-4-6-13-7-5-10/h1-8,14-15H,9H2. The van der Waals surface area contributed by atoms with Gasteiger partial charge in [0.25, 0.3) is 0 Å². The Morgan fingerprint density at radius 2 is 1.89 bits per heavy atom. The van der Waals surface area contributed by atoms with Crippen molar-refractivity contribution in [2.75, 3.05) is 0 Å². The van der Waals surface area contributed by atoms with E-state index in [1.807, 2.05) is 0 Å². The highest BCUT2D eigenvalue weighted by molar-refractivity contribution is 7.89. The fourth-order valence-electron chi connectivity index (χ4n) is 1.41. The highest BCUT2D eigenvalue weighted by atomic mass is 32.2. The summed E-state index contributed by atoms with van der Waals surface area (Å²) >= 11 is 0. The lowest BCUT2D eigenvalue weighted by Gasteiger charge is -2.06. The first-order valence-electron chi connectivity index (χ1n) is 5.25. The maximum atomic E-state index is 11.9. The van der Waals surface area contributed by atoms with Crippen molar-refractivity contribution in [1.82, 2.24) is 9.71 Å². The summed E-state index contributed by atoms with van der Waals surface area (Å²) in [4.78, 5) is 3.89. The average molecular weight is 264 g/mol. The van der Waals surface area contributed by atoms with E-state index in [4.69, 9.17) is 0 Å². The van der Waals surface area contributed by atoms with Gasteiger partial charge >= 0.3 is 0 Å². The van der Waals surface area contributed by atoms with Crippen LogP contribution in [0.25, 0.3) is 0 Å². The first-order chi connectivity index (χ1) is 8.58. The maximum absolute atomic E-state index is 11.9. The Morgan fingerprint density at radius 3 is 2.56 bits per heavy atom. The van der Waals surface area contributed by atoms with Gasteiger partial charge in [0.1, 0.15) is 5.75 Å². The SMILES string of the molecule is O=S(=O)(NCc1ccncc1)c1cccc(O)c1. The molecule has 0 spiro atoms. The van der Waals surface area contributed by atoms with Crippen molar-refractivity contribution >= 4 is 10.0 Å². The van der Waals surface area contributed by atoms with Crippen LogP contribution >= 0.6 is 0 Å². The molecule has 0 atom stereocenters. The van der Waals surface area contributed by atoms with Crippen LogP contribution in [0.1, 0.15) is 5.56 Å². The van der Waals surface area contributed by atoms with Gasteiger partial charge in [0.15, 0.2) is 0 Å². The molecule has 1 heterocycles. The third-order valence-electron chi connectivity index (χ3n) is 2.34. The molecule has 1 aromatic carbocycles. The Morgan fingerprint density at radius 1 is 1.17 bits per heavy atom. The first-order valence-corrected chi connectivity index (χ1v) is 6.74. The van der Waals surface area contributed by atoms with Crippen molar-refractivity contribution in [2.45, 2.75) is 11.4 Å². The fraction of sp³-hybridized carbons (Fsp3) is 0.0833. The summed E-state index contributed by atoms with van der Waals surface area (Å²) in [5, 5.41) is 9.26. The van der Waals surface area contributed by atoms with E-state index in [9.17, 15) is 13.5 Å². The second-order valence-corrected chi connectivity index (χ2v) is 5.44. The minimum atomic E-state index is -3.61. The summed E-state index contributed by atoms with van der Waals surface area (Å²) < 4.78 is 26.3. The summed E-state index contributed by atoms with van der Waals surface area (Å²) in [5.74, 6) is -0.0817. The lowest BCUT2D eigenvalue weighted by Crippen LogP contribution is -2.23. The molecular weight excluding hydrogens is 252 g/mol. The average Bonchev–Trinajstić information content (AvgIpc) is 2.38. The first kappa shape index (κ1) is 12.5. The number of phenolic OH excluding ortho intramolecular Hbond substituents is 1. The van der Waals surface area contributed by atoms with Crippen molar-refractivity contribution in [2.24, 2.45) is 0 Å². The summed E-state index contributed by atoms with van der Waals surface area (Å²) in [5.41, 5.74) is 0.814. The van der Waals surface area contributed by atoms with E-state index in [2.05, 4.69) is 9.71 Å². The zero-order valence-electron chi connectivity index (χ0n) is 9.45. The molecule has 2 N–H and O–H groups in total. The van der Waals surface area contributed by atoms with E-state index in [0.29, 0.717) is 0 Å². The van der Waals surface area contributed by atoms with Gasteiger partial charge in [-0.2, -0.15) is 0 Å². The number of sulfonamides is 1. The number of pyridine rings is 1. The van der Waals surface area contributed by atoms with E-state index >= 15 is 0 Å². The van der Waals surface area contributed by atoms with Crippen LogP contribution in [0.4, 0.5) is 0 Å². The molecule has 2 aromatic rings. The van der Waals surface area contributed by atoms with Crippen LogP contribution < -0.4 is 4.72 Å². The lowest BCUT2D eigenvalue weighted by molar-refractivity contribution is 0.473. The Kier molecular flexibility index (Phi) is 3.59. The smallest absolute Gasteiger partial charge is 0.241 e. The van der Waals surface area contributed by atoms with Crippen molar-refractivity contribution in [3.63, 3.8) is 0 Å². The predicted octanol–water partition coefficient (Wildman–Crippen LogP) is 1.27. The van der Waals surface area contributed by atoms with Gasteiger partial charge in [-0.05, 0) is 35.9 Å². The van der Waals surface area contributed by atoms with Crippen LogP contribution in [0.2, 0.25) is 0 Å². The summed E-state index contributed by atoms with van der Waals surface area (Å²) in [7, 11) is -3.61. The maximum Gasteiger partial charge on any atom is 0.241 e. The van der Waals surface area contributed by atoms with Crippen LogP contribution in [-0.2, 0) is 16.6 Å². The number of phenols is 1. The van der Waals surface area contributed by atoms with Gasteiger partial charge in [0.2, 0.25) is 10.0 Å². The topological polar surface area (TPSA) is 79.3 Å². The minimum Gasteiger partial charge on any atom is -0.508 e. The van der Waals surface area contributed by atoms with E-state index in [1.54, 1.807) is 24.5 Å². The van der Waals surface area contributed by atoms with Crippen molar-refractivity contribution in [1.29, 1.82) is 0 Å². The molecule has 1 aromatic heterocycles. The second-order valence-electron chi connectivity index (χ2n) is 3.68. The van der Waals surface area contributed by atoms with Crippen LogP contribution in [0.5, 0.6) is 5.75 Å². The monoisotopic (exact) mass is 264 g/mol. The third kappa shape index (κ3) is 3.06. The van der Waals surface area contributed by atoms with Gasteiger partial charge < -0.3 is 5.11 Å². The summed E-state index contributed by atoms with van der Waals surface area (Å²) in [6, 6.07) is 8.98. The summed E-state index contributed by atoms with van der Waals surface area (Å²) in [6.07, 6.45) is 3.19. The number of benzene rings is 1. The number of hydrogen-bond acceptors (Lipinski definition) is 4. The molecular formula is C12H12N2O3S. The van der Waals surface area contributed by atoms with E-state index in [1.165, 1.54) is 24.3 Å². The number of hydrogen-bond donors (Lipinski definition) is 2. The molecule has 6 heteroatoms. The highest BCUT2D eigenvalue weighted by Gasteiger charge is 2.13. The van der Waals surface area contributed by atoms with E-state index in [0.717, 1.165) is 5.56 Å². The molecule has 0 saturated carbocycles. The molecule has 0 aliphatic rings. The number of aromatic hydroxyl groups is 1. The Labute approximate surface area is 105 Å². The quantitative estimate of drug-likeness (QED) is 0.871. The van der Waals surface area contributed by atoms with Gasteiger partial charge in [-0.3, -0.25) is 4.98 Å². The molecule has 0 aliphatic carbocycles. The highest BCUT2D eigenvalue weighted by Crippen LogP contribution is 2.15. The molecule has 0 bridgehead atoms. The van der Waals surface area contributed by atoms with E-state index < -0.39 is 10.0 Å². The molecule has 94 valence electrons. The molecule has 0 aliphatic heterocycles. The van der Waals surface area contributed by atoms with Gasteiger partial charge in [0.05, 0.1) is 4.90 Å². The lowest BCUT2D eigenvalue weighted by atomic mass is 10.3. The van der Waals surface area contributed by atoms with Crippen molar-refractivity contribution in [3.05, 3.63) is 54.4 Å². The molecule has 0 amide bonds. The van der Waals surface area contributed by atoms with Crippen molar-refractivity contribution < 1.29 is 13.5 Å². The van der Waals surface area contributed by atoms with Gasteiger partial charge in [-0.15, -0.1) is 0 Å². The second kappa shape index (κ2) is 5.16. The summed E-state index contributed by atoms with van der Waals surface area (Å²) in [6.45, 7) is 0.181. The predicted molar refractivity (Wildman–Crippen MR) is 66.4 cm³/mol. The molecule has 18 heavy (non-hydrogen) atoms. The van der Waals surface area contributed by atoms with Gasteiger partial charge in [0, 0.05) is 18.9 Å². The third-order valence-corrected chi connectivity index (χ3v) is 3.74. The largest absolute Gasteiger partial charge is 0.508 e. The normalized spacial score (nSPS) is 11.3. The molecule has 5 nitrogen and oxygen atoms in total. The number of rotatable bonds is 4. The van der Waals surface area contributed by atoms with Crippen LogP contribution in [0.15, 0.2) is 53.7 Å². The minimum absolute atomic E-state index is 0.0385. The number of nitrogens with one attached hydrogen (secondary N) is 1. The zero-order chi connectivity index (χ0) is 13.0. The zero-order valence-corrected chi connectivity index (χ0v) is 10.3. The fourth-order valence-corrected chi connectivity index (χ4v) is 2.47. The Balaban J connectivity index is 2.13. The molecule has 0 unspecified atom stereocenters. The Bertz CT molecular complexity index is 627. The number of aromatic nitrogens is 1. The molecule has 0 saturated heterocycles. The van der Waals surface area contributed by atoms with E-state index in [-0.39, 0.29) is 17.2 Å². The Hall–Kier alpha value is -1.92. The number of nitrogens with zero attached hydrogens (tertiary/aromatic N) is 1. The molecule has 0 radical (unpaired) electrons. The van der Waals surface area contributed by atoms with Crippen LogP contribution in [0.3, 0.4) is 0 Å². The van der Waals surface area contributed by atoms with Crippen LogP contribution in [-0.4, -0.2) is 18.5 Å². The van der Waals surface area contributed by atoms with Gasteiger partial charge in [-0.25, -0.2) is 13.1 Å².